The van der Waals surface area contributed by atoms with Crippen LogP contribution in [0.5, 0.6) is 11.5 Å². The molecule has 1 heterocycles. The summed E-state index contributed by atoms with van der Waals surface area (Å²) in [6.45, 7) is 0.104. The molecule has 0 aliphatic heterocycles. The average molecular weight is 446 g/mol. The van der Waals surface area contributed by atoms with E-state index in [-0.39, 0.29) is 12.3 Å². The molecule has 166 valence electrons. The van der Waals surface area contributed by atoms with Crippen LogP contribution in [-0.4, -0.2) is 27.9 Å². The number of benzene rings is 3. The second-order valence-corrected chi connectivity index (χ2v) is 6.96. The topological polar surface area (TPSA) is 129 Å². The Kier molecular flexibility index (Phi) is 5.98. The molecule has 33 heavy (non-hydrogen) atoms. The fraction of sp³-hybridized carbons (Fsp3) is 0.0870. The summed E-state index contributed by atoms with van der Waals surface area (Å²) < 4.78 is 11.9. The van der Waals surface area contributed by atoms with E-state index >= 15 is 0 Å². The van der Waals surface area contributed by atoms with Crippen molar-refractivity contribution in [2.75, 3.05) is 7.11 Å². The summed E-state index contributed by atoms with van der Waals surface area (Å²) in [5.74, 6) is 0.811. The SMILES string of the molecule is COc1cc(C=Nn2c(=O)[nH]c3ccccc3c2=O)ccc1OCc1cccc([N+](=O)[O-])c1. The van der Waals surface area contributed by atoms with Gasteiger partial charge in [-0.05, 0) is 41.5 Å². The summed E-state index contributed by atoms with van der Waals surface area (Å²) in [4.78, 5) is 37.9. The number of hydrogen-bond donors (Lipinski definition) is 1. The lowest BCUT2D eigenvalue weighted by Gasteiger charge is -2.11. The molecule has 4 rings (SSSR count). The van der Waals surface area contributed by atoms with Gasteiger partial charge in [0.25, 0.3) is 11.2 Å². The average Bonchev–Trinajstić information content (AvgIpc) is 2.83. The van der Waals surface area contributed by atoms with Crippen molar-refractivity contribution in [3.05, 3.63) is 109 Å². The van der Waals surface area contributed by atoms with Crippen molar-refractivity contribution in [2.45, 2.75) is 6.61 Å². The number of hydrogen-bond acceptors (Lipinski definition) is 7. The number of aromatic amines is 1. The predicted molar refractivity (Wildman–Crippen MR) is 122 cm³/mol. The van der Waals surface area contributed by atoms with Crippen LogP contribution < -0.4 is 20.7 Å². The molecule has 0 saturated heterocycles. The summed E-state index contributed by atoms with van der Waals surface area (Å²) in [5.41, 5.74) is 0.425. The second-order valence-electron chi connectivity index (χ2n) is 6.96. The Labute approximate surface area is 186 Å². The molecule has 0 spiro atoms. The van der Waals surface area contributed by atoms with Gasteiger partial charge in [-0.3, -0.25) is 14.9 Å². The lowest BCUT2D eigenvalue weighted by Crippen LogP contribution is -2.32. The Morgan fingerprint density at radius 1 is 1.06 bits per heavy atom. The van der Waals surface area contributed by atoms with Gasteiger partial charge in [0.05, 0.1) is 29.2 Å². The standard InChI is InChI=1S/C23H18N4O6/c1-32-21-12-15(9-10-20(21)33-14-16-5-4-6-17(11-16)27(30)31)13-24-26-22(28)18-7-2-3-8-19(18)25-23(26)29/h2-13H,14H2,1H3,(H,25,29). The fourth-order valence-corrected chi connectivity index (χ4v) is 3.19. The van der Waals surface area contributed by atoms with E-state index in [9.17, 15) is 19.7 Å². The molecule has 0 radical (unpaired) electrons. The predicted octanol–water partition coefficient (Wildman–Crippen LogP) is 3.07. The van der Waals surface area contributed by atoms with Crippen LogP contribution >= 0.6 is 0 Å². The fourth-order valence-electron chi connectivity index (χ4n) is 3.19. The van der Waals surface area contributed by atoms with Crippen molar-refractivity contribution in [2.24, 2.45) is 5.10 Å². The molecule has 0 bridgehead atoms. The number of nitrogens with zero attached hydrogens (tertiary/aromatic N) is 3. The van der Waals surface area contributed by atoms with Gasteiger partial charge in [-0.15, -0.1) is 4.68 Å². The normalized spacial score (nSPS) is 11.1. The molecule has 10 nitrogen and oxygen atoms in total. The van der Waals surface area contributed by atoms with E-state index in [1.807, 2.05) is 0 Å². The minimum absolute atomic E-state index is 0.0199. The smallest absolute Gasteiger partial charge is 0.349 e. The van der Waals surface area contributed by atoms with Gasteiger partial charge in [-0.1, -0.05) is 24.3 Å². The van der Waals surface area contributed by atoms with Crippen LogP contribution in [0, 0.1) is 10.1 Å². The molecule has 0 saturated carbocycles. The first kappa shape index (κ1) is 21.5. The van der Waals surface area contributed by atoms with E-state index in [0.717, 1.165) is 4.68 Å². The highest BCUT2D eigenvalue weighted by Crippen LogP contribution is 2.28. The second kappa shape index (κ2) is 9.18. The van der Waals surface area contributed by atoms with Crippen molar-refractivity contribution < 1.29 is 14.4 Å². The number of ether oxygens (including phenoxy) is 2. The molecule has 0 aliphatic carbocycles. The molecular formula is C23H18N4O6. The van der Waals surface area contributed by atoms with Gasteiger partial charge in [0, 0.05) is 12.1 Å². The monoisotopic (exact) mass is 446 g/mol. The quantitative estimate of drug-likeness (QED) is 0.264. The van der Waals surface area contributed by atoms with Crippen molar-refractivity contribution in [3.8, 4) is 11.5 Å². The molecule has 0 atom stereocenters. The highest BCUT2D eigenvalue weighted by molar-refractivity contribution is 5.81. The molecule has 0 amide bonds. The van der Waals surface area contributed by atoms with Crippen LogP contribution in [0.2, 0.25) is 0 Å². The summed E-state index contributed by atoms with van der Waals surface area (Å²) >= 11 is 0. The number of H-pyrrole nitrogens is 1. The molecule has 0 unspecified atom stereocenters. The van der Waals surface area contributed by atoms with Gasteiger partial charge in [-0.2, -0.15) is 5.10 Å². The maximum Gasteiger partial charge on any atom is 0.349 e. The van der Waals surface area contributed by atoms with E-state index < -0.39 is 16.2 Å². The number of nitrogens with one attached hydrogen (secondary N) is 1. The number of nitro groups is 1. The number of para-hydroxylation sites is 1. The third-order valence-corrected chi connectivity index (χ3v) is 4.81. The molecular weight excluding hydrogens is 428 g/mol. The van der Waals surface area contributed by atoms with E-state index in [0.29, 0.717) is 33.5 Å². The Bertz CT molecular complexity index is 1490. The maximum absolute atomic E-state index is 12.6. The lowest BCUT2D eigenvalue weighted by atomic mass is 10.2. The van der Waals surface area contributed by atoms with E-state index in [2.05, 4.69) is 10.1 Å². The molecule has 1 aromatic heterocycles. The first-order chi connectivity index (χ1) is 16.0. The number of nitro benzene ring substituents is 1. The van der Waals surface area contributed by atoms with Crippen LogP contribution in [-0.2, 0) is 6.61 Å². The van der Waals surface area contributed by atoms with Gasteiger partial charge in [-0.25, -0.2) is 4.79 Å². The van der Waals surface area contributed by atoms with E-state index in [1.165, 1.54) is 25.5 Å². The minimum atomic E-state index is -0.654. The Morgan fingerprint density at radius 2 is 1.88 bits per heavy atom. The Balaban J connectivity index is 1.56. The largest absolute Gasteiger partial charge is 0.493 e. The summed E-state index contributed by atoms with van der Waals surface area (Å²) in [6.07, 6.45) is 1.36. The minimum Gasteiger partial charge on any atom is -0.493 e. The Morgan fingerprint density at radius 3 is 2.67 bits per heavy atom. The van der Waals surface area contributed by atoms with E-state index in [4.69, 9.17) is 9.47 Å². The number of aromatic nitrogens is 2. The molecule has 0 fully saturated rings. The highest BCUT2D eigenvalue weighted by atomic mass is 16.6. The molecule has 10 heteroatoms. The van der Waals surface area contributed by atoms with Crippen molar-refractivity contribution in [1.82, 2.24) is 9.66 Å². The first-order valence-corrected chi connectivity index (χ1v) is 9.79. The van der Waals surface area contributed by atoms with Crippen LogP contribution in [0.15, 0.2) is 81.4 Å². The van der Waals surface area contributed by atoms with Crippen LogP contribution in [0.1, 0.15) is 11.1 Å². The molecule has 4 aromatic rings. The maximum atomic E-state index is 12.6. The van der Waals surface area contributed by atoms with Crippen LogP contribution in [0.4, 0.5) is 5.69 Å². The number of fused-ring (bicyclic) bond motifs is 1. The number of non-ortho nitro benzene ring substituents is 1. The third kappa shape index (κ3) is 4.64. The molecule has 1 N–H and O–H groups in total. The highest BCUT2D eigenvalue weighted by Gasteiger charge is 2.10. The lowest BCUT2D eigenvalue weighted by molar-refractivity contribution is -0.384. The zero-order valence-corrected chi connectivity index (χ0v) is 17.4. The molecule has 0 aliphatic rings. The summed E-state index contributed by atoms with van der Waals surface area (Å²) in [5, 5.41) is 15.3. The van der Waals surface area contributed by atoms with Crippen molar-refractivity contribution >= 4 is 22.8 Å². The van der Waals surface area contributed by atoms with Crippen molar-refractivity contribution in [3.63, 3.8) is 0 Å². The van der Waals surface area contributed by atoms with Crippen molar-refractivity contribution in [1.29, 1.82) is 0 Å². The van der Waals surface area contributed by atoms with Gasteiger partial charge < -0.3 is 14.5 Å². The zero-order valence-electron chi connectivity index (χ0n) is 17.4. The molecule has 3 aromatic carbocycles. The number of rotatable bonds is 7. The van der Waals surface area contributed by atoms with E-state index in [1.54, 1.807) is 54.6 Å². The van der Waals surface area contributed by atoms with Gasteiger partial charge in [0.15, 0.2) is 11.5 Å². The summed E-state index contributed by atoms with van der Waals surface area (Å²) in [6, 6.07) is 17.8. The third-order valence-electron chi connectivity index (χ3n) is 4.81. The summed E-state index contributed by atoms with van der Waals surface area (Å²) in [7, 11) is 1.47. The van der Waals surface area contributed by atoms with Gasteiger partial charge in [0.1, 0.15) is 6.61 Å². The zero-order chi connectivity index (χ0) is 23.4. The van der Waals surface area contributed by atoms with Crippen LogP contribution in [0.3, 0.4) is 0 Å². The van der Waals surface area contributed by atoms with Crippen LogP contribution in [0.25, 0.3) is 10.9 Å². The van der Waals surface area contributed by atoms with Gasteiger partial charge in [0.2, 0.25) is 0 Å². The van der Waals surface area contributed by atoms with Gasteiger partial charge >= 0.3 is 5.69 Å². The number of methoxy groups -OCH3 is 1. The first-order valence-electron chi connectivity index (χ1n) is 9.79. The Hall–Kier alpha value is -4.73.